The first-order valence-corrected chi connectivity index (χ1v) is 16.3. The molecular formula is C40H30O6S. The van der Waals surface area contributed by atoms with Gasteiger partial charge in [-0.25, -0.2) is 14.4 Å². The average molecular weight is 639 g/mol. The third-order valence-electron chi connectivity index (χ3n) is 8.24. The first kappa shape index (κ1) is 30.3. The fourth-order valence-corrected chi connectivity index (χ4v) is 7.04. The lowest BCUT2D eigenvalue weighted by atomic mass is 10.0. The molecule has 1 saturated heterocycles. The molecule has 0 N–H and O–H groups in total. The molecular weight excluding hydrogens is 609 g/mol. The lowest BCUT2D eigenvalue weighted by Gasteiger charge is -2.19. The standard InChI is InChI=1S/C40H30O6S/c41-38(30-18-14-29(15-19-30)26-8-2-1-3-9-26)44-25-36-35(45-39(42)33-20-16-27-10-4-6-12-31(27)22-33)24-37(47-36)46-40(43)34-21-17-28-11-5-7-13-32(28)23-34/h1-23,35-37H,24-25H2/t35-,36-,37?/m1/s1. The van der Waals surface area contributed by atoms with Crippen LogP contribution < -0.4 is 0 Å². The number of hydrogen-bond donors (Lipinski definition) is 0. The van der Waals surface area contributed by atoms with E-state index in [0.717, 1.165) is 32.7 Å². The molecule has 6 nitrogen and oxygen atoms in total. The SMILES string of the molecule is O=C(OC[C@H]1SC(OC(=O)c2ccc3ccccc3c2)C[C@H]1OC(=O)c1ccc2ccccc2c1)c1ccc(-c2ccccc2)cc1. The molecule has 1 heterocycles. The summed E-state index contributed by atoms with van der Waals surface area (Å²) in [6, 6.07) is 43.5. The van der Waals surface area contributed by atoms with Gasteiger partial charge in [0, 0.05) is 6.42 Å². The molecule has 0 spiro atoms. The Morgan fingerprint density at radius 3 is 1.66 bits per heavy atom. The van der Waals surface area contributed by atoms with Gasteiger partial charge in [0.2, 0.25) is 0 Å². The molecule has 1 aliphatic rings. The Bertz CT molecular complexity index is 2070. The van der Waals surface area contributed by atoms with Crippen LogP contribution in [0.5, 0.6) is 0 Å². The molecule has 0 radical (unpaired) electrons. The number of carbonyl (C=O) groups excluding carboxylic acids is 3. The van der Waals surface area contributed by atoms with E-state index < -0.39 is 34.7 Å². The molecule has 47 heavy (non-hydrogen) atoms. The van der Waals surface area contributed by atoms with Crippen molar-refractivity contribution >= 4 is 51.2 Å². The van der Waals surface area contributed by atoms with Gasteiger partial charge < -0.3 is 14.2 Å². The second-order valence-electron chi connectivity index (χ2n) is 11.4. The zero-order valence-electron chi connectivity index (χ0n) is 25.3. The monoisotopic (exact) mass is 638 g/mol. The van der Waals surface area contributed by atoms with Crippen LogP contribution in [0.15, 0.2) is 140 Å². The highest BCUT2D eigenvalue weighted by molar-refractivity contribution is 8.00. The summed E-state index contributed by atoms with van der Waals surface area (Å²) in [5.41, 5.74) is 2.71. The van der Waals surface area contributed by atoms with Crippen molar-refractivity contribution in [3.63, 3.8) is 0 Å². The minimum atomic E-state index is -0.651. The number of benzene rings is 6. The summed E-state index contributed by atoms with van der Waals surface area (Å²) in [5, 5.41) is 3.46. The summed E-state index contributed by atoms with van der Waals surface area (Å²) >= 11 is 1.32. The van der Waals surface area contributed by atoms with Crippen LogP contribution in [-0.4, -0.2) is 41.3 Å². The van der Waals surface area contributed by atoms with Crippen molar-refractivity contribution in [2.75, 3.05) is 6.61 Å². The zero-order valence-corrected chi connectivity index (χ0v) is 26.1. The lowest BCUT2D eigenvalue weighted by molar-refractivity contribution is 0.0136. The highest BCUT2D eigenvalue weighted by atomic mass is 32.2. The predicted molar refractivity (Wildman–Crippen MR) is 184 cm³/mol. The minimum absolute atomic E-state index is 0.0242. The minimum Gasteiger partial charge on any atom is -0.461 e. The van der Waals surface area contributed by atoms with Crippen LogP contribution in [0.1, 0.15) is 37.5 Å². The predicted octanol–water partition coefficient (Wildman–Crippen LogP) is 8.73. The van der Waals surface area contributed by atoms with Gasteiger partial charge in [-0.3, -0.25) is 0 Å². The summed E-state index contributed by atoms with van der Waals surface area (Å²) in [7, 11) is 0. The highest BCUT2D eigenvalue weighted by Crippen LogP contribution is 2.38. The van der Waals surface area contributed by atoms with E-state index in [1.54, 1.807) is 36.4 Å². The molecule has 0 saturated carbocycles. The van der Waals surface area contributed by atoms with Gasteiger partial charge in [0.15, 0.2) is 5.44 Å². The summed E-state index contributed by atoms with van der Waals surface area (Å²) in [4.78, 5) is 39.6. The largest absolute Gasteiger partial charge is 0.461 e. The van der Waals surface area contributed by atoms with Gasteiger partial charge in [0.1, 0.15) is 12.7 Å². The Kier molecular flexibility index (Phi) is 8.71. The van der Waals surface area contributed by atoms with Gasteiger partial charge in [-0.2, -0.15) is 0 Å². The van der Waals surface area contributed by atoms with E-state index in [-0.39, 0.29) is 13.0 Å². The highest BCUT2D eigenvalue weighted by Gasteiger charge is 2.41. The summed E-state index contributed by atoms with van der Waals surface area (Å²) in [5.74, 6) is -1.44. The Balaban J connectivity index is 1.05. The first-order chi connectivity index (χ1) is 23.0. The maximum atomic E-state index is 13.3. The van der Waals surface area contributed by atoms with E-state index in [0.29, 0.717) is 16.7 Å². The number of esters is 3. The van der Waals surface area contributed by atoms with Crippen LogP contribution in [-0.2, 0) is 14.2 Å². The molecule has 1 aliphatic heterocycles. The second-order valence-corrected chi connectivity index (χ2v) is 12.8. The van der Waals surface area contributed by atoms with Crippen molar-refractivity contribution in [1.29, 1.82) is 0 Å². The molecule has 6 aromatic rings. The van der Waals surface area contributed by atoms with Gasteiger partial charge >= 0.3 is 17.9 Å². The van der Waals surface area contributed by atoms with Crippen molar-refractivity contribution in [2.45, 2.75) is 23.2 Å². The van der Waals surface area contributed by atoms with E-state index in [4.69, 9.17) is 14.2 Å². The van der Waals surface area contributed by atoms with E-state index in [2.05, 4.69) is 0 Å². The molecule has 1 unspecified atom stereocenters. The molecule has 232 valence electrons. The summed E-state index contributed by atoms with van der Waals surface area (Å²) in [6.45, 7) is -0.0242. The van der Waals surface area contributed by atoms with Gasteiger partial charge in [-0.15, -0.1) is 11.8 Å². The molecule has 3 atom stereocenters. The molecule has 0 aliphatic carbocycles. The van der Waals surface area contributed by atoms with Crippen molar-refractivity contribution in [3.8, 4) is 11.1 Å². The second kappa shape index (κ2) is 13.5. The molecule has 0 bridgehead atoms. The van der Waals surface area contributed by atoms with Crippen LogP contribution in [0, 0.1) is 0 Å². The molecule has 0 aromatic heterocycles. The molecule has 7 heteroatoms. The topological polar surface area (TPSA) is 78.9 Å². The maximum Gasteiger partial charge on any atom is 0.339 e. The summed E-state index contributed by atoms with van der Waals surface area (Å²) < 4.78 is 17.6. The van der Waals surface area contributed by atoms with Gasteiger partial charge in [0.25, 0.3) is 0 Å². The van der Waals surface area contributed by atoms with Crippen LogP contribution in [0.3, 0.4) is 0 Å². The number of hydrogen-bond acceptors (Lipinski definition) is 7. The van der Waals surface area contributed by atoms with E-state index in [9.17, 15) is 14.4 Å². The van der Waals surface area contributed by atoms with Crippen molar-refractivity contribution < 1.29 is 28.6 Å². The number of ether oxygens (including phenoxy) is 3. The van der Waals surface area contributed by atoms with E-state index >= 15 is 0 Å². The molecule has 0 amide bonds. The lowest BCUT2D eigenvalue weighted by Crippen LogP contribution is -2.29. The average Bonchev–Trinajstić information content (AvgIpc) is 3.50. The Hall–Kier alpha value is -5.40. The van der Waals surface area contributed by atoms with Crippen LogP contribution in [0.4, 0.5) is 0 Å². The molecule has 7 rings (SSSR count). The van der Waals surface area contributed by atoms with Crippen LogP contribution in [0.25, 0.3) is 32.7 Å². The van der Waals surface area contributed by atoms with Gasteiger partial charge in [0.05, 0.1) is 21.9 Å². The van der Waals surface area contributed by atoms with Gasteiger partial charge in [-0.05, 0) is 69.1 Å². The third-order valence-corrected chi connectivity index (χ3v) is 9.62. The van der Waals surface area contributed by atoms with E-state index in [1.165, 1.54) is 11.8 Å². The quantitative estimate of drug-likeness (QED) is 0.122. The number of thioether (sulfide) groups is 1. The Morgan fingerprint density at radius 2 is 1.04 bits per heavy atom. The van der Waals surface area contributed by atoms with Crippen molar-refractivity contribution in [2.24, 2.45) is 0 Å². The Labute approximate surface area is 276 Å². The van der Waals surface area contributed by atoms with Crippen molar-refractivity contribution in [3.05, 3.63) is 156 Å². The van der Waals surface area contributed by atoms with E-state index in [1.807, 2.05) is 103 Å². The van der Waals surface area contributed by atoms with Crippen molar-refractivity contribution in [1.82, 2.24) is 0 Å². The number of carbonyl (C=O) groups is 3. The number of rotatable bonds is 8. The molecule has 1 fully saturated rings. The maximum absolute atomic E-state index is 13.3. The van der Waals surface area contributed by atoms with Crippen LogP contribution >= 0.6 is 11.8 Å². The summed E-state index contributed by atoms with van der Waals surface area (Å²) in [6.07, 6.45) is -0.390. The third kappa shape index (κ3) is 6.90. The zero-order chi connectivity index (χ0) is 32.2. The normalized spacial score (nSPS) is 17.3. The fourth-order valence-electron chi connectivity index (χ4n) is 5.72. The van der Waals surface area contributed by atoms with Gasteiger partial charge in [-0.1, -0.05) is 103 Å². The smallest absolute Gasteiger partial charge is 0.339 e. The Morgan fingerprint density at radius 1 is 0.532 bits per heavy atom. The molecule has 6 aromatic carbocycles. The number of fused-ring (bicyclic) bond motifs is 2. The van der Waals surface area contributed by atoms with Crippen LogP contribution in [0.2, 0.25) is 0 Å². The fraction of sp³-hybridized carbons (Fsp3) is 0.125. The first-order valence-electron chi connectivity index (χ1n) is 15.4.